The van der Waals surface area contributed by atoms with Gasteiger partial charge < -0.3 is 11.1 Å². The highest BCUT2D eigenvalue weighted by molar-refractivity contribution is 6.45. The number of nitrogens with one attached hydrogen (secondary N) is 1. The van der Waals surface area contributed by atoms with Gasteiger partial charge in [-0.15, -0.1) is 5.10 Å². The summed E-state index contributed by atoms with van der Waals surface area (Å²) < 4.78 is 0. The molecule has 0 aliphatic heterocycles. The Hall–Kier alpha value is -2.08. The average molecular weight is 393 g/mol. The van der Waals surface area contributed by atoms with E-state index in [2.05, 4.69) is 10.4 Å². The number of hydrogen-bond acceptors (Lipinski definition) is 4. The molecule has 0 atom stereocenters. The topological polar surface area (TPSA) is 70.7 Å². The summed E-state index contributed by atoms with van der Waals surface area (Å²) in [5, 5.41) is 9.97. The molecule has 0 spiro atoms. The van der Waals surface area contributed by atoms with Crippen molar-refractivity contribution in [3.8, 4) is 0 Å². The molecule has 0 unspecified atom stereocenters. The van der Waals surface area contributed by atoms with Crippen molar-refractivity contribution in [3.05, 3.63) is 58.6 Å². The molecule has 0 saturated carbocycles. The van der Waals surface area contributed by atoms with Crippen LogP contribution in [0.5, 0.6) is 0 Å². The van der Waals surface area contributed by atoms with E-state index in [0.29, 0.717) is 15.7 Å². The number of carbonyl (C=O) groups excluding carboxylic acids is 1. The van der Waals surface area contributed by atoms with E-state index < -0.39 is 5.41 Å². The normalized spacial score (nSPS) is 12.0. The summed E-state index contributed by atoms with van der Waals surface area (Å²) >= 11 is 12.1. The third kappa shape index (κ3) is 5.46. The van der Waals surface area contributed by atoms with Gasteiger partial charge in [0.1, 0.15) is 0 Å². The zero-order valence-corrected chi connectivity index (χ0v) is 16.5. The van der Waals surface area contributed by atoms with Crippen LogP contribution in [0, 0.1) is 5.41 Å². The van der Waals surface area contributed by atoms with Crippen molar-refractivity contribution >= 4 is 46.2 Å². The van der Waals surface area contributed by atoms with Crippen LogP contribution in [0.1, 0.15) is 20.8 Å². The van der Waals surface area contributed by atoms with Crippen molar-refractivity contribution in [1.82, 2.24) is 0 Å². The van der Waals surface area contributed by atoms with E-state index in [1.807, 2.05) is 51.1 Å². The molecule has 3 N–H and O–H groups in total. The van der Waals surface area contributed by atoms with Gasteiger partial charge in [-0.2, -0.15) is 0 Å². The monoisotopic (exact) mass is 392 g/mol. The van der Waals surface area contributed by atoms with Crippen molar-refractivity contribution in [2.75, 3.05) is 17.0 Å². The standard InChI is InChI=1S/C19H22Cl2N4O/c1-19(2,3)17(26)18(23-15-10-13(20)9-14(21)11-15)24-25(12-22)16-7-5-4-6-8-16/h4-11H,12,22H2,1-3H3,(H,23,24). The van der Waals surface area contributed by atoms with Crippen molar-refractivity contribution in [2.24, 2.45) is 16.3 Å². The van der Waals surface area contributed by atoms with E-state index in [0.717, 1.165) is 5.69 Å². The third-order valence-corrected chi connectivity index (χ3v) is 3.91. The van der Waals surface area contributed by atoms with Crippen LogP contribution in [0.3, 0.4) is 0 Å². The number of halogens is 2. The molecule has 0 aromatic heterocycles. The fraction of sp³-hybridized carbons (Fsp3) is 0.263. The Morgan fingerprint density at radius 2 is 1.69 bits per heavy atom. The number of ketones is 1. The molecule has 2 rings (SSSR count). The molecule has 0 aliphatic carbocycles. The van der Waals surface area contributed by atoms with Crippen LogP contribution in [-0.4, -0.2) is 18.3 Å². The summed E-state index contributed by atoms with van der Waals surface area (Å²) in [5.74, 6) is -0.00637. The quantitative estimate of drug-likeness (QED) is 0.333. The molecule has 2 aromatic carbocycles. The fourth-order valence-corrected chi connectivity index (χ4v) is 2.70. The van der Waals surface area contributed by atoms with Gasteiger partial charge in [0.25, 0.3) is 0 Å². The molecule has 138 valence electrons. The van der Waals surface area contributed by atoms with Gasteiger partial charge in [-0.25, -0.2) is 5.01 Å². The predicted molar refractivity (Wildman–Crippen MR) is 110 cm³/mol. The first-order valence-electron chi connectivity index (χ1n) is 8.10. The first kappa shape index (κ1) is 20.2. The van der Waals surface area contributed by atoms with Crippen LogP contribution in [0.25, 0.3) is 0 Å². The van der Waals surface area contributed by atoms with E-state index in [4.69, 9.17) is 28.9 Å². The Labute approximate surface area is 163 Å². The predicted octanol–water partition coefficient (Wildman–Crippen LogP) is 4.76. The van der Waals surface area contributed by atoms with E-state index in [1.54, 1.807) is 23.2 Å². The average Bonchev–Trinajstić information content (AvgIpc) is 2.57. The number of Topliss-reactive ketones (excluding diaryl/α,β-unsaturated/α-hetero) is 1. The minimum absolute atomic E-state index is 0.114. The SMILES string of the molecule is CC(C)(C)C(=O)C(=NN(CN)c1ccccc1)Nc1cc(Cl)cc(Cl)c1. The lowest BCUT2D eigenvalue weighted by Crippen LogP contribution is -2.37. The highest BCUT2D eigenvalue weighted by Gasteiger charge is 2.27. The van der Waals surface area contributed by atoms with Crippen LogP contribution < -0.4 is 16.1 Å². The Morgan fingerprint density at radius 3 is 2.19 bits per heavy atom. The van der Waals surface area contributed by atoms with Gasteiger partial charge in [0.15, 0.2) is 5.84 Å². The lowest BCUT2D eigenvalue weighted by molar-refractivity contribution is -0.119. The molecular formula is C19H22Cl2N4O. The van der Waals surface area contributed by atoms with Crippen molar-refractivity contribution in [3.63, 3.8) is 0 Å². The molecule has 7 heteroatoms. The van der Waals surface area contributed by atoms with Crippen LogP contribution >= 0.6 is 23.2 Å². The lowest BCUT2D eigenvalue weighted by atomic mass is 9.90. The molecule has 26 heavy (non-hydrogen) atoms. The number of benzene rings is 2. The second-order valence-corrected chi connectivity index (χ2v) is 7.60. The van der Waals surface area contributed by atoms with Gasteiger partial charge in [-0.05, 0) is 30.3 Å². The van der Waals surface area contributed by atoms with E-state index in [-0.39, 0.29) is 18.3 Å². The van der Waals surface area contributed by atoms with Crippen molar-refractivity contribution < 1.29 is 4.79 Å². The number of para-hydroxylation sites is 1. The molecule has 0 aliphatic rings. The molecule has 0 fully saturated rings. The van der Waals surface area contributed by atoms with Gasteiger partial charge in [0.05, 0.1) is 12.4 Å². The maximum Gasteiger partial charge on any atom is 0.205 e. The van der Waals surface area contributed by atoms with Gasteiger partial charge >= 0.3 is 0 Å². The van der Waals surface area contributed by atoms with Gasteiger partial charge in [0, 0.05) is 21.1 Å². The van der Waals surface area contributed by atoms with Gasteiger partial charge in [0.2, 0.25) is 5.78 Å². The van der Waals surface area contributed by atoms with Crippen LogP contribution in [0.15, 0.2) is 53.6 Å². The number of rotatable bonds is 5. The maximum atomic E-state index is 12.9. The Kier molecular flexibility index (Phi) is 6.64. The third-order valence-electron chi connectivity index (χ3n) is 3.47. The highest BCUT2D eigenvalue weighted by atomic mass is 35.5. The molecular weight excluding hydrogens is 371 g/mol. The molecule has 0 radical (unpaired) electrons. The summed E-state index contributed by atoms with van der Waals surface area (Å²) in [6.07, 6.45) is 0. The smallest absolute Gasteiger partial charge is 0.205 e. The first-order valence-corrected chi connectivity index (χ1v) is 8.85. The molecule has 0 bridgehead atoms. The number of nitrogens with zero attached hydrogens (tertiary/aromatic N) is 2. The van der Waals surface area contributed by atoms with Crippen molar-refractivity contribution in [2.45, 2.75) is 20.8 Å². The van der Waals surface area contributed by atoms with Crippen LogP contribution in [0.4, 0.5) is 11.4 Å². The number of hydrogen-bond donors (Lipinski definition) is 2. The van der Waals surface area contributed by atoms with Crippen LogP contribution in [0.2, 0.25) is 10.0 Å². The second kappa shape index (κ2) is 8.54. The lowest BCUT2D eigenvalue weighted by Gasteiger charge is -2.23. The summed E-state index contributed by atoms with van der Waals surface area (Å²) in [5.41, 5.74) is 6.56. The second-order valence-electron chi connectivity index (χ2n) is 6.73. The maximum absolute atomic E-state index is 12.9. The molecule has 5 nitrogen and oxygen atoms in total. The fourth-order valence-electron chi connectivity index (χ4n) is 2.17. The Bertz CT molecular complexity index is 781. The zero-order chi connectivity index (χ0) is 19.3. The Morgan fingerprint density at radius 1 is 1.12 bits per heavy atom. The van der Waals surface area contributed by atoms with E-state index >= 15 is 0 Å². The summed E-state index contributed by atoms with van der Waals surface area (Å²) in [4.78, 5) is 12.9. The molecule has 0 amide bonds. The number of anilines is 2. The Balaban J connectivity index is 2.44. The first-order chi connectivity index (χ1) is 12.2. The summed E-state index contributed by atoms with van der Waals surface area (Å²) in [6, 6.07) is 14.4. The number of nitrogens with two attached hydrogens (primary N) is 1. The molecule has 0 saturated heterocycles. The molecule has 2 aromatic rings. The van der Waals surface area contributed by atoms with Crippen LogP contribution in [-0.2, 0) is 4.79 Å². The summed E-state index contributed by atoms with van der Waals surface area (Å²) in [6.45, 7) is 5.59. The summed E-state index contributed by atoms with van der Waals surface area (Å²) in [7, 11) is 0. The van der Waals surface area contributed by atoms with Crippen molar-refractivity contribution in [1.29, 1.82) is 0 Å². The van der Waals surface area contributed by atoms with Gasteiger partial charge in [-0.1, -0.05) is 62.2 Å². The van der Waals surface area contributed by atoms with Gasteiger partial charge in [-0.3, -0.25) is 4.79 Å². The molecule has 0 heterocycles. The van der Waals surface area contributed by atoms with E-state index in [9.17, 15) is 4.79 Å². The largest absolute Gasteiger partial charge is 0.336 e. The number of amidine groups is 1. The number of carbonyl (C=O) groups is 1. The minimum Gasteiger partial charge on any atom is -0.336 e. The zero-order valence-electron chi connectivity index (χ0n) is 15.0. The number of hydrazone groups is 1. The highest BCUT2D eigenvalue weighted by Crippen LogP contribution is 2.24. The van der Waals surface area contributed by atoms with E-state index in [1.165, 1.54) is 0 Å². The minimum atomic E-state index is -0.634.